The number of aromatic amines is 1. The van der Waals surface area contributed by atoms with E-state index in [0.29, 0.717) is 0 Å². The van der Waals surface area contributed by atoms with Crippen LogP contribution in [0.3, 0.4) is 0 Å². The number of methoxy groups -OCH3 is 1. The van der Waals surface area contributed by atoms with Crippen molar-refractivity contribution in [2.45, 2.75) is 0 Å². The largest absolute Gasteiger partial charge is 0.452 e. The SMILES string of the molecule is COC(=O)n1c(=O)[nH]c(=O)c2ccccc21. The maximum absolute atomic E-state index is 11.5. The fraction of sp³-hybridized carbons (Fsp3) is 0.100. The normalized spacial score (nSPS) is 10.3. The average molecular weight is 220 g/mol. The van der Waals surface area contributed by atoms with Gasteiger partial charge in [-0.3, -0.25) is 9.78 Å². The summed E-state index contributed by atoms with van der Waals surface area (Å²) in [6.07, 6.45) is -0.836. The van der Waals surface area contributed by atoms with Gasteiger partial charge in [0, 0.05) is 0 Å². The van der Waals surface area contributed by atoms with E-state index < -0.39 is 17.3 Å². The molecule has 2 aromatic rings. The van der Waals surface area contributed by atoms with Crippen LogP contribution in [0.4, 0.5) is 4.79 Å². The van der Waals surface area contributed by atoms with Crippen LogP contribution in [-0.2, 0) is 4.74 Å². The van der Waals surface area contributed by atoms with E-state index in [9.17, 15) is 14.4 Å². The fourth-order valence-electron chi connectivity index (χ4n) is 1.46. The van der Waals surface area contributed by atoms with Gasteiger partial charge < -0.3 is 4.74 Å². The van der Waals surface area contributed by atoms with Crippen LogP contribution in [0, 0.1) is 0 Å². The van der Waals surface area contributed by atoms with Crippen molar-refractivity contribution in [3.8, 4) is 0 Å². The Balaban J connectivity index is 2.98. The zero-order valence-corrected chi connectivity index (χ0v) is 8.39. The second-order valence-electron chi connectivity index (χ2n) is 3.08. The lowest BCUT2D eigenvalue weighted by Crippen LogP contribution is -2.34. The van der Waals surface area contributed by atoms with Crippen LogP contribution in [-0.4, -0.2) is 22.8 Å². The van der Waals surface area contributed by atoms with Crippen LogP contribution >= 0.6 is 0 Å². The van der Waals surface area contributed by atoms with Gasteiger partial charge in [-0.25, -0.2) is 9.59 Å². The molecule has 1 heterocycles. The first-order valence-corrected chi connectivity index (χ1v) is 4.47. The molecule has 16 heavy (non-hydrogen) atoms. The zero-order valence-electron chi connectivity index (χ0n) is 8.39. The average Bonchev–Trinajstić information content (AvgIpc) is 2.28. The molecular weight excluding hydrogens is 212 g/mol. The number of benzene rings is 1. The van der Waals surface area contributed by atoms with Crippen molar-refractivity contribution in [3.63, 3.8) is 0 Å². The second kappa shape index (κ2) is 3.65. The van der Waals surface area contributed by atoms with Crippen LogP contribution in [0.1, 0.15) is 0 Å². The lowest BCUT2D eigenvalue weighted by Gasteiger charge is -2.05. The predicted molar refractivity (Wildman–Crippen MR) is 56.6 cm³/mol. The standard InChI is InChI=1S/C10H8N2O4/c1-16-10(15)12-7-5-3-2-4-6(7)8(13)11-9(12)14/h2-5H,1H3,(H,11,13,14). The first-order valence-electron chi connectivity index (χ1n) is 4.47. The number of carbonyl (C=O) groups is 1. The van der Waals surface area contributed by atoms with Gasteiger partial charge in [0.1, 0.15) is 0 Å². The molecule has 0 unspecified atom stereocenters. The molecule has 0 fully saturated rings. The maximum Gasteiger partial charge on any atom is 0.422 e. The molecule has 0 radical (unpaired) electrons. The van der Waals surface area contributed by atoms with Gasteiger partial charge in [0.15, 0.2) is 0 Å². The first-order chi connectivity index (χ1) is 7.65. The van der Waals surface area contributed by atoms with Crippen LogP contribution in [0.25, 0.3) is 10.9 Å². The van der Waals surface area contributed by atoms with E-state index in [2.05, 4.69) is 4.74 Å². The molecule has 0 aliphatic heterocycles. The Morgan fingerprint density at radius 2 is 2.00 bits per heavy atom. The van der Waals surface area contributed by atoms with Gasteiger partial charge in [-0.2, -0.15) is 4.57 Å². The number of rotatable bonds is 0. The molecule has 6 nitrogen and oxygen atoms in total. The monoisotopic (exact) mass is 220 g/mol. The molecule has 0 amide bonds. The molecule has 1 aromatic heterocycles. The quantitative estimate of drug-likeness (QED) is 0.692. The van der Waals surface area contributed by atoms with Gasteiger partial charge >= 0.3 is 11.8 Å². The summed E-state index contributed by atoms with van der Waals surface area (Å²) in [6, 6.07) is 6.29. The van der Waals surface area contributed by atoms with Crippen molar-refractivity contribution in [2.24, 2.45) is 0 Å². The molecule has 0 atom stereocenters. The van der Waals surface area contributed by atoms with Crippen LogP contribution in [0.5, 0.6) is 0 Å². The molecule has 0 aliphatic carbocycles. The third-order valence-electron chi connectivity index (χ3n) is 2.17. The Morgan fingerprint density at radius 3 is 2.69 bits per heavy atom. The molecule has 82 valence electrons. The highest BCUT2D eigenvalue weighted by Gasteiger charge is 2.12. The summed E-state index contributed by atoms with van der Waals surface area (Å²) >= 11 is 0. The van der Waals surface area contributed by atoms with Gasteiger partial charge in [-0.15, -0.1) is 0 Å². The van der Waals surface area contributed by atoms with Crippen molar-refractivity contribution in [1.29, 1.82) is 0 Å². The van der Waals surface area contributed by atoms with Crippen molar-refractivity contribution in [3.05, 3.63) is 45.1 Å². The van der Waals surface area contributed by atoms with E-state index >= 15 is 0 Å². The summed E-state index contributed by atoms with van der Waals surface area (Å²) in [4.78, 5) is 36.3. The topological polar surface area (TPSA) is 81.2 Å². The Labute approximate surface area is 89.1 Å². The number of ether oxygens (including phenoxy) is 1. The number of H-pyrrole nitrogens is 1. The molecule has 0 spiro atoms. The highest BCUT2D eigenvalue weighted by atomic mass is 16.5. The minimum absolute atomic E-state index is 0.225. The smallest absolute Gasteiger partial charge is 0.422 e. The number of hydrogen-bond donors (Lipinski definition) is 1. The van der Waals surface area contributed by atoms with Gasteiger partial charge in [0.25, 0.3) is 5.56 Å². The van der Waals surface area contributed by atoms with E-state index in [4.69, 9.17) is 0 Å². The zero-order chi connectivity index (χ0) is 11.7. The van der Waals surface area contributed by atoms with Crippen LogP contribution in [0.2, 0.25) is 0 Å². The van der Waals surface area contributed by atoms with E-state index in [1.807, 2.05) is 4.98 Å². The Hall–Kier alpha value is -2.37. The highest BCUT2D eigenvalue weighted by molar-refractivity contribution is 5.86. The molecular formula is C10H8N2O4. The van der Waals surface area contributed by atoms with Crippen molar-refractivity contribution in [1.82, 2.24) is 9.55 Å². The number of fused-ring (bicyclic) bond motifs is 1. The summed E-state index contributed by atoms with van der Waals surface area (Å²) in [5.74, 6) is 0. The summed E-state index contributed by atoms with van der Waals surface area (Å²) in [5.41, 5.74) is -1.11. The van der Waals surface area contributed by atoms with Crippen molar-refractivity contribution < 1.29 is 9.53 Å². The molecule has 0 aliphatic rings. The fourth-order valence-corrected chi connectivity index (χ4v) is 1.46. The number of hydrogen-bond acceptors (Lipinski definition) is 4. The Morgan fingerprint density at radius 1 is 1.31 bits per heavy atom. The maximum atomic E-state index is 11.5. The van der Waals surface area contributed by atoms with Gasteiger partial charge in [-0.1, -0.05) is 12.1 Å². The Kier molecular flexibility index (Phi) is 2.32. The highest BCUT2D eigenvalue weighted by Crippen LogP contribution is 2.06. The molecule has 0 bridgehead atoms. The van der Waals surface area contributed by atoms with E-state index in [1.165, 1.54) is 12.1 Å². The van der Waals surface area contributed by atoms with Gasteiger partial charge in [-0.05, 0) is 12.1 Å². The summed E-state index contributed by atoms with van der Waals surface area (Å²) in [6.45, 7) is 0. The number of carbonyl (C=O) groups excluding carboxylic acids is 1. The van der Waals surface area contributed by atoms with E-state index in [1.54, 1.807) is 12.1 Å². The summed E-state index contributed by atoms with van der Waals surface area (Å²) < 4.78 is 5.24. The van der Waals surface area contributed by atoms with E-state index in [-0.39, 0.29) is 10.9 Å². The number of para-hydroxylation sites is 1. The lowest BCUT2D eigenvalue weighted by molar-refractivity contribution is 0.172. The lowest BCUT2D eigenvalue weighted by atomic mass is 10.2. The summed E-state index contributed by atoms with van der Waals surface area (Å²) in [7, 11) is 1.16. The summed E-state index contributed by atoms with van der Waals surface area (Å²) in [5, 5.41) is 0.257. The van der Waals surface area contributed by atoms with Gasteiger partial charge in [0.05, 0.1) is 18.0 Å². The molecule has 0 saturated carbocycles. The van der Waals surface area contributed by atoms with Gasteiger partial charge in [0.2, 0.25) is 0 Å². The Bertz CT molecular complexity index is 668. The third kappa shape index (κ3) is 1.40. The molecule has 0 saturated heterocycles. The number of nitrogens with zero attached hydrogens (tertiary/aromatic N) is 1. The van der Waals surface area contributed by atoms with Crippen LogP contribution < -0.4 is 11.2 Å². The van der Waals surface area contributed by atoms with Crippen LogP contribution in [0.15, 0.2) is 33.9 Å². The van der Waals surface area contributed by atoms with Crippen molar-refractivity contribution in [2.75, 3.05) is 7.11 Å². The molecule has 1 N–H and O–H groups in total. The van der Waals surface area contributed by atoms with E-state index in [0.717, 1.165) is 11.7 Å². The second-order valence-corrected chi connectivity index (χ2v) is 3.08. The molecule has 1 aromatic carbocycles. The first kappa shape index (κ1) is 10.2. The third-order valence-corrected chi connectivity index (χ3v) is 2.17. The minimum Gasteiger partial charge on any atom is -0.452 e. The minimum atomic E-state index is -0.836. The molecule has 6 heteroatoms. The number of aromatic nitrogens is 2. The molecule has 2 rings (SSSR count). The van der Waals surface area contributed by atoms with Crippen molar-refractivity contribution >= 4 is 17.0 Å². The predicted octanol–water partition coefficient (Wildman–Crippen LogP) is 0.304. The number of nitrogens with one attached hydrogen (secondary N) is 1.